The predicted octanol–water partition coefficient (Wildman–Crippen LogP) is 2.96. The van der Waals surface area contributed by atoms with E-state index in [1.807, 2.05) is 6.92 Å². The number of amides is 4. The van der Waals surface area contributed by atoms with Crippen LogP contribution in [0.25, 0.3) is 6.08 Å². The number of nitrogens with zero attached hydrogens (tertiary/aromatic N) is 1. The SMILES string of the molecule is C#CCOc1c(I)cc(/C=C2\C(=O)NC(=O)N(Cc3ccco3)C2=O)cc1OCC. The number of halogens is 1. The summed E-state index contributed by atoms with van der Waals surface area (Å²) in [6.45, 7) is 2.18. The first kappa shape index (κ1) is 21.4. The molecular formula is C21H17IN2O6. The lowest BCUT2D eigenvalue weighted by molar-refractivity contribution is -0.130. The van der Waals surface area contributed by atoms with Gasteiger partial charge in [0.1, 0.15) is 17.9 Å². The molecule has 1 aliphatic heterocycles. The second-order valence-corrected chi connectivity index (χ2v) is 7.21. The molecule has 2 aromatic rings. The van der Waals surface area contributed by atoms with E-state index in [0.717, 1.165) is 4.90 Å². The predicted molar refractivity (Wildman–Crippen MR) is 115 cm³/mol. The molecule has 0 aliphatic carbocycles. The van der Waals surface area contributed by atoms with Gasteiger partial charge in [0, 0.05) is 0 Å². The topological polar surface area (TPSA) is 98.1 Å². The van der Waals surface area contributed by atoms with Gasteiger partial charge in [-0.1, -0.05) is 5.92 Å². The fourth-order valence-electron chi connectivity index (χ4n) is 2.75. The zero-order valence-corrected chi connectivity index (χ0v) is 18.1. The van der Waals surface area contributed by atoms with Crippen LogP contribution in [0.2, 0.25) is 0 Å². The molecule has 1 saturated heterocycles. The fourth-order valence-corrected chi connectivity index (χ4v) is 3.53. The minimum absolute atomic E-state index is 0.0707. The van der Waals surface area contributed by atoms with Gasteiger partial charge in [0.05, 0.1) is 23.0 Å². The maximum absolute atomic E-state index is 12.8. The highest BCUT2D eigenvalue weighted by molar-refractivity contribution is 14.1. The van der Waals surface area contributed by atoms with Gasteiger partial charge in [-0.3, -0.25) is 19.8 Å². The van der Waals surface area contributed by atoms with Crippen LogP contribution in [0.3, 0.4) is 0 Å². The number of carbonyl (C=O) groups excluding carboxylic acids is 3. The lowest BCUT2D eigenvalue weighted by atomic mass is 10.1. The number of imide groups is 2. The zero-order chi connectivity index (χ0) is 21.7. The van der Waals surface area contributed by atoms with Crippen LogP contribution in [-0.4, -0.2) is 36.0 Å². The largest absolute Gasteiger partial charge is 0.490 e. The molecule has 0 saturated carbocycles. The minimum Gasteiger partial charge on any atom is -0.490 e. The number of benzene rings is 1. The van der Waals surface area contributed by atoms with E-state index in [1.54, 1.807) is 24.3 Å². The van der Waals surface area contributed by atoms with Gasteiger partial charge in [-0.05, 0) is 65.4 Å². The van der Waals surface area contributed by atoms with E-state index in [-0.39, 0.29) is 18.7 Å². The van der Waals surface area contributed by atoms with Crippen LogP contribution < -0.4 is 14.8 Å². The number of furan rings is 1. The Balaban J connectivity index is 1.95. The Hall–Kier alpha value is -3.26. The van der Waals surface area contributed by atoms with Gasteiger partial charge in [0.2, 0.25) is 0 Å². The van der Waals surface area contributed by atoms with Crippen molar-refractivity contribution in [1.82, 2.24) is 10.2 Å². The first-order valence-corrected chi connectivity index (χ1v) is 9.96. The molecular weight excluding hydrogens is 503 g/mol. The second kappa shape index (κ2) is 9.49. The normalized spacial score (nSPS) is 15.2. The second-order valence-electron chi connectivity index (χ2n) is 6.04. The van der Waals surface area contributed by atoms with Crippen molar-refractivity contribution < 1.29 is 28.3 Å². The van der Waals surface area contributed by atoms with E-state index < -0.39 is 17.8 Å². The van der Waals surface area contributed by atoms with Crippen molar-refractivity contribution >= 4 is 46.5 Å². The third kappa shape index (κ3) is 4.65. The van der Waals surface area contributed by atoms with E-state index in [9.17, 15) is 14.4 Å². The molecule has 1 fully saturated rings. The van der Waals surface area contributed by atoms with Crippen molar-refractivity contribution in [1.29, 1.82) is 0 Å². The van der Waals surface area contributed by atoms with E-state index in [4.69, 9.17) is 20.3 Å². The van der Waals surface area contributed by atoms with Gasteiger partial charge < -0.3 is 13.9 Å². The summed E-state index contributed by atoms with van der Waals surface area (Å²) in [7, 11) is 0. The summed E-state index contributed by atoms with van der Waals surface area (Å²) in [5.41, 5.74) is 0.346. The minimum atomic E-state index is -0.804. The Bertz CT molecular complexity index is 1050. The fraction of sp³-hybridized carbons (Fsp3) is 0.190. The number of terminal acetylenes is 1. The quantitative estimate of drug-likeness (QED) is 0.261. The first-order valence-electron chi connectivity index (χ1n) is 8.88. The Morgan fingerprint density at radius 3 is 2.77 bits per heavy atom. The van der Waals surface area contributed by atoms with E-state index >= 15 is 0 Å². The van der Waals surface area contributed by atoms with E-state index in [1.165, 1.54) is 12.3 Å². The number of rotatable bonds is 7. The highest BCUT2D eigenvalue weighted by Crippen LogP contribution is 2.35. The number of carbonyl (C=O) groups is 3. The van der Waals surface area contributed by atoms with Crippen LogP contribution in [0.5, 0.6) is 11.5 Å². The van der Waals surface area contributed by atoms with Gasteiger partial charge in [-0.25, -0.2) is 4.79 Å². The van der Waals surface area contributed by atoms with Crippen LogP contribution in [-0.2, 0) is 16.1 Å². The monoisotopic (exact) mass is 520 g/mol. The standard InChI is InChI=1S/C21H17IN2O6/c1-3-7-30-18-16(22)10-13(11-17(18)28-4-2)9-15-19(25)23-21(27)24(20(15)26)12-14-6-5-8-29-14/h1,5-6,8-11H,4,7,12H2,2H3,(H,23,25,27)/b15-9+. The zero-order valence-electron chi connectivity index (χ0n) is 15.9. The van der Waals surface area contributed by atoms with E-state index in [0.29, 0.717) is 33.0 Å². The van der Waals surface area contributed by atoms with E-state index in [2.05, 4.69) is 33.8 Å². The summed E-state index contributed by atoms with van der Waals surface area (Å²) in [6.07, 6.45) is 8.09. The Kier molecular flexibility index (Phi) is 6.79. The molecule has 0 bridgehead atoms. The van der Waals surface area contributed by atoms with Crippen LogP contribution in [0.1, 0.15) is 18.2 Å². The Morgan fingerprint density at radius 2 is 2.10 bits per heavy atom. The van der Waals surface area contributed by atoms with Crippen LogP contribution in [0, 0.1) is 15.9 Å². The van der Waals surface area contributed by atoms with Gasteiger partial charge in [-0.15, -0.1) is 6.42 Å². The molecule has 0 spiro atoms. The Morgan fingerprint density at radius 1 is 1.30 bits per heavy atom. The van der Waals surface area contributed by atoms with Crippen molar-refractivity contribution in [2.45, 2.75) is 13.5 Å². The summed E-state index contributed by atoms with van der Waals surface area (Å²) in [5.74, 6) is 2.22. The molecule has 9 heteroatoms. The molecule has 1 aliphatic rings. The van der Waals surface area contributed by atoms with Gasteiger partial charge in [-0.2, -0.15) is 0 Å². The van der Waals surface area contributed by atoms with Crippen molar-refractivity contribution in [3.8, 4) is 23.8 Å². The molecule has 154 valence electrons. The average Bonchev–Trinajstić information content (AvgIpc) is 3.21. The van der Waals surface area contributed by atoms with Crippen LogP contribution >= 0.6 is 22.6 Å². The Labute approximate surface area is 186 Å². The van der Waals surface area contributed by atoms with Gasteiger partial charge in [0.15, 0.2) is 11.5 Å². The number of hydrogen-bond acceptors (Lipinski definition) is 6. The summed E-state index contributed by atoms with van der Waals surface area (Å²) in [4.78, 5) is 38.2. The van der Waals surface area contributed by atoms with Gasteiger partial charge >= 0.3 is 6.03 Å². The van der Waals surface area contributed by atoms with Gasteiger partial charge in [0.25, 0.3) is 11.8 Å². The van der Waals surface area contributed by atoms with Crippen molar-refractivity contribution in [2.24, 2.45) is 0 Å². The third-order valence-electron chi connectivity index (χ3n) is 4.02. The number of barbiturate groups is 1. The molecule has 1 aromatic heterocycles. The summed E-state index contributed by atoms with van der Waals surface area (Å²) < 4.78 is 17.0. The lowest BCUT2D eigenvalue weighted by Crippen LogP contribution is -2.53. The van der Waals surface area contributed by atoms with Crippen molar-refractivity contribution in [3.05, 3.63) is 51.0 Å². The van der Waals surface area contributed by atoms with Crippen LogP contribution in [0.4, 0.5) is 4.79 Å². The maximum Gasteiger partial charge on any atom is 0.331 e. The molecule has 1 N–H and O–H groups in total. The van der Waals surface area contributed by atoms with Crippen LogP contribution in [0.15, 0.2) is 40.5 Å². The third-order valence-corrected chi connectivity index (χ3v) is 4.82. The lowest BCUT2D eigenvalue weighted by Gasteiger charge is -2.25. The molecule has 3 rings (SSSR count). The smallest absolute Gasteiger partial charge is 0.331 e. The molecule has 30 heavy (non-hydrogen) atoms. The summed E-state index contributed by atoms with van der Waals surface area (Å²) in [5, 5.41) is 2.17. The molecule has 4 amide bonds. The highest BCUT2D eigenvalue weighted by atomic mass is 127. The first-order chi connectivity index (χ1) is 14.4. The number of hydrogen-bond donors (Lipinski definition) is 1. The average molecular weight is 520 g/mol. The summed E-state index contributed by atoms with van der Waals surface area (Å²) in [6, 6.07) is 5.83. The molecule has 1 aromatic carbocycles. The maximum atomic E-state index is 12.8. The molecule has 0 radical (unpaired) electrons. The summed E-state index contributed by atoms with van der Waals surface area (Å²) >= 11 is 2.05. The molecule has 2 heterocycles. The van der Waals surface area contributed by atoms with Crippen molar-refractivity contribution in [2.75, 3.05) is 13.2 Å². The highest BCUT2D eigenvalue weighted by Gasteiger charge is 2.36. The number of urea groups is 1. The molecule has 0 atom stereocenters. The number of nitrogens with one attached hydrogen (secondary N) is 1. The van der Waals surface area contributed by atoms with Crippen molar-refractivity contribution in [3.63, 3.8) is 0 Å². The number of ether oxygens (including phenoxy) is 2. The molecule has 0 unspecified atom stereocenters. The molecule has 8 nitrogen and oxygen atoms in total.